The van der Waals surface area contributed by atoms with E-state index in [0.29, 0.717) is 0 Å². The average Bonchev–Trinajstić information content (AvgIpc) is 3.07. The lowest BCUT2D eigenvalue weighted by Crippen LogP contribution is -2.28. The van der Waals surface area contributed by atoms with Crippen molar-refractivity contribution in [3.8, 4) is 5.75 Å². The minimum absolute atomic E-state index is 0.133. The van der Waals surface area contributed by atoms with Crippen molar-refractivity contribution in [1.82, 2.24) is 10.3 Å². The van der Waals surface area contributed by atoms with Gasteiger partial charge in [0.25, 0.3) is 0 Å². The van der Waals surface area contributed by atoms with Gasteiger partial charge in [-0.25, -0.2) is 0 Å². The first-order valence-electron chi connectivity index (χ1n) is 8.45. The molecule has 2 aromatic carbocycles. The Bertz CT molecular complexity index is 917. The third-order valence-electron chi connectivity index (χ3n) is 4.14. The van der Waals surface area contributed by atoms with Gasteiger partial charge in [0.1, 0.15) is 5.75 Å². The van der Waals surface area contributed by atoms with Crippen LogP contribution in [-0.4, -0.2) is 23.7 Å². The second-order valence-electron chi connectivity index (χ2n) is 6.34. The van der Waals surface area contributed by atoms with Crippen LogP contribution in [0, 0.1) is 0 Å². The number of halogens is 3. The van der Waals surface area contributed by atoms with Gasteiger partial charge in [0, 0.05) is 11.7 Å². The van der Waals surface area contributed by atoms with E-state index in [1.165, 1.54) is 12.1 Å². The monoisotopic (exact) mass is 376 g/mol. The Morgan fingerprint density at radius 2 is 1.89 bits per heavy atom. The standard InChI is InChI=1S/C20H19F3N2O2/c1-13(15-4-6-17(7-5-15)27-12-20(21,22)23)25-19(26)11-14-2-3-16-8-9-24-18(16)10-14/h2-10,13,24H,11-12H2,1H3,(H,25,26)/t13-/m1/s1. The van der Waals surface area contributed by atoms with Crippen LogP contribution in [0.15, 0.2) is 54.7 Å². The lowest BCUT2D eigenvalue weighted by Gasteiger charge is -2.15. The van der Waals surface area contributed by atoms with Crippen LogP contribution in [0.4, 0.5) is 13.2 Å². The lowest BCUT2D eigenvalue weighted by molar-refractivity contribution is -0.153. The number of amides is 1. The molecule has 0 saturated carbocycles. The Kier molecular flexibility index (Phi) is 5.39. The number of carbonyl (C=O) groups excluding carboxylic acids is 1. The van der Waals surface area contributed by atoms with Gasteiger partial charge >= 0.3 is 6.18 Å². The number of aromatic amines is 1. The molecule has 1 amide bonds. The minimum Gasteiger partial charge on any atom is -0.484 e. The molecule has 1 heterocycles. The molecule has 4 nitrogen and oxygen atoms in total. The second-order valence-corrected chi connectivity index (χ2v) is 6.34. The van der Waals surface area contributed by atoms with Gasteiger partial charge in [-0.2, -0.15) is 13.2 Å². The van der Waals surface area contributed by atoms with E-state index in [1.807, 2.05) is 37.4 Å². The highest BCUT2D eigenvalue weighted by atomic mass is 19.4. The van der Waals surface area contributed by atoms with Gasteiger partial charge in [0.15, 0.2) is 6.61 Å². The van der Waals surface area contributed by atoms with E-state index < -0.39 is 12.8 Å². The molecule has 142 valence electrons. The van der Waals surface area contributed by atoms with E-state index in [2.05, 4.69) is 15.0 Å². The summed E-state index contributed by atoms with van der Waals surface area (Å²) in [6, 6.07) is 13.7. The van der Waals surface area contributed by atoms with Crippen LogP contribution in [0.1, 0.15) is 24.1 Å². The molecule has 3 aromatic rings. The van der Waals surface area contributed by atoms with Crippen molar-refractivity contribution in [2.75, 3.05) is 6.61 Å². The zero-order chi connectivity index (χ0) is 19.4. The summed E-state index contributed by atoms with van der Waals surface area (Å²) in [6.07, 6.45) is -2.28. The van der Waals surface area contributed by atoms with Crippen molar-refractivity contribution in [3.05, 3.63) is 65.9 Å². The van der Waals surface area contributed by atoms with Gasteiger partial charge in [-0.3, -0.25) is 4.79 Å². The number of carbonyl (C=O) groups is 1. The molecule has 0 bridgehead atoms. The number of benzene rings is 2. The number of alkyl halides is 3. The zero-order valence-electron chi connectivity index (χ0n) is 14.6. The molecule has 0 fully saturated rings. The average molecular weight is 376 g/mol. The summed E-state index contributed by atoms with van der Waals surface area (Å²) >= 11 is 0. The molecule has 0 aliphatic rings. The number of hydrogen-bond donors (Lipinski definition) is 2. The number of aromatic nitrogens is 1. The first-order chi connectivity index (χ1) is 12.8. The SMILES string of the molecule is C[C@@H](NC(=O)Cc1ccc2cc[nH]c2c1)c1ccc(OCC(F)(F)F)cc1. The summed E-state index contributed by atoms with van der Waals surface area (Å²) in [5.74, 6) is -0.000319. The summed E-state index contributed by atoms with van der Waals surface area (Å²) in [5.41, 5.74) is 2.65. The van der Waals surface area contributed by atoms with Gasteiger partial charge in [0.2, 0.25) is 5.91 Å². The number of H-pyrrole nitrogens is 1. The zero-order valence-corrected chi connectivity index (χ0v) is 14.6. The second kappa shape index (κ2) is 7.73. The van der Waals surface area contributed by atoms with Crippen molar-refractivity contribution < 1.29 is 22.7 Å². The number of hydrogen-bond acceptors (Lipinski definition) is 2. The van der Waals surface area contributed by atoms with Gasteiger partial charge < -0.3 is 15.0 Å². The van der Waals surface area contributed by atoms with Crippen molar-refractivity contribution in [3.63, 3.8) is 0 Å². The predicted octanol–water partition coefficient (Wildman–Crippen LogP) is 4.53. The van der Waals surface area contributed by atoms with Gasteiger partial charge in [-0.05, 0) is 47.7 Å². The third kappa shape index (κ3) is 5.26. The van der Waals surface area contributed by atoms with Crippen LogP contribution in [-0.2, 0) is 11.2 Å². The Labute approximate surface area is 154 Å². The summed E-state index contributed by atoms with van der Waals surface area (Å²) in [5, 5.41) is 3.98. The van der Waals surface area contributed by atoms with Crippen molar-refractivity contribution in [1.29, 1.82) is 0 Å². The number of rotatable bonds is 6. The molecule has 1 atom stereocenters. The molecule has 27 heavy (non-hydrogen) atoms. The molecule has 0 aliphatic carbocycles. The molecule has 0 aliphatic heterocycles. The van der Waals surface area contributed by atoms with E-state index in [-0.39, 0.29) is 24.1 Å². The number of nitrogens with one attached hydrogen (secondary N) is 2. The predicted molar refractivity (Wildman–Crippen MR) is 96.6 cm³/mol. The molecule has 0 radical (unpaired) electrons. The van der Waals surface area contributed by atoms with Crippen molar-refractivity contribution in [2.45, 2.75) is 25.6 Å². The maximum absolute atomic E-state index is 12.3. The van der Waals surface area contributed by atoms with E-state index in [0.717, 1.165) is 22.0 Å². The van der Waals surface area contributed by atoms with E-state index >= 15 is 0 Å². The molecule has 2 N–H and O–H groups in total. The Balaban J connectivity index is 1.55. The molecule has 3 rings (SSSR count). The first-order valence-corrected chi connectivity index (χ1v) is 8.45. The van der Waals surface area contributed by atoms with Crippen LogP contribution in [0.5, 0.6) is 5.75 Å². The van der Waals surface area contributed by atoms with Crippen LogP contribution < -0.4 is 10.1 Å². The molecular formula is C20H19F3N2O2. The Morgan fingerprint density at radius 1 is 1.15 bits per heavy atom. The lowest BCUT2D eigenvalue weighted by atomic mass is 10.1. The normalized spacial score (nSPS) is 12.7. The molecule has 0 saturated heterocycles. The van der Waals surface area contributed by atoms with Crippen LogP contribution in [0.3, 0.4) is 0 Å². The van der Waals surface area contributed by atoms with Crippen LogP contribution in [0.25, 0.3) is 10.9 Å². The van der Waals surface area contributed by atoms with E-state index in [4.69, 9.17) is 0 Å². The Hall–Kier alpha value is -2.96. The van der Waals surface area contributed by atoms with Gasteiger partial charge in [0.05, 0.1) is 12.5 Å². The minimum atomic E-state index is -4.37. The molecule has 7 heteroatoms. The fraction of sp³-hybridized carbons (Fsp3) is 0.250. The highest BCUT2D eigenvalue weighted by molar-refractivity contribution is 5.83. The number of fused-ring (bicyclic) bond motifs is 1. The smallest absolute Gasteiger partial charge is 0.422 e. The molecule has 1 aromatic heterocycles. The molecular weight excluding hydrogens is 357 g/mol. The summed E-state index contributed by atoms with van der Waals surface area (Å²) in [4.78, 5) is 15.4. The maximum Gasteiger partial charge on any atom is 0.422 e. The third-order valence-corrected chi connectivity index (χ3v) is 4.14. The fourth-order valence-electron chi connectivity index (χ4n) is 2.78. The van der Waals surface area contributed by atoms with Gasteiger partial charge in [-0.15, -0.1) is 0 Å². The topological polar surface area (TPSA) is 54.1 Å². The summed E-state index contributed by atoms with van der Waals surface area (Å²) in [7, 11) is 0. The highest BCUT2D eigenvalue weighted by Gasteiger charge is 2.28. The van der Waals surface area contributed by atoms with Crippen LogP contribution >= 0.6 is 0 Å². The highest BCUT2D eigenvalue weighted by Crippen LogP contribution is 2.21. The van der Waals surface area contributed by atoms with Gasteiger partial charge in [-0.1, -0.05) is 24.3 Å². The maximum atomic E-state index is 12.3. The quantitative estimate of drug-likeness (QED) is 0.664. The van der Waals surface area contributed by atoms with Crippen molar-refractivity contribution >= 4 is 16.8 Å². The van der Waals surface area contributed by atoms with E-state index in [9.17, 15) is 18.0 Å². The van der Waals surface area contributed by atoms with Crippen molar-refractivity contribution in [2.24, 2.45) is 0 Å². The first kappa shape index (κ1) is 18.8. The summed E-state index contributed by atoms with van der Waals surface area (Å²) < 4.78 is 41.2. The Morgan fingerprint density at radius 3 is 2.59 bits per heavy atom. The summed E-state index contributed by atoms with van der Waals surface area (Å²) in [6.45, 7) is 0.488. The van der Waals surface area contributed by atoms with E-state index in [1.54, 1.807) is 12.1 Å². The fourth-order valence-corrected chi connectivity index (χ4v) is 2.78. The van der Waals surface area contributed by atoms with Crippen LogP contribution in [0.2, 0.25) is 0 Å². The molecule has 0 spiro atoms. The largest absolute Gasteiger partial charge is 0.484 e. The molecule has 0 unspecified atom stereocenters. The number of ether oxygens (including phenoxy) is 1.